The molecular weight excluding hydrogens is 174 g/mol. The highest BCUT2D eigenvalue weighted by atomic mass is 16.6. The van der Waals surface area contributed by atoms with Gasteiger partial charge in [-0.3, -0.25) is 15.2 Å². The average molecular weight is 179 g/mol. The molecule has 2 heterocycles. The lowest BCUT2D eigenvalue weighted by Gasteiger charge is -1.91. The Balaban J connectivity index is 2.39. The molecule has 7 heteroatoms. The summed E-state index contributed by atoms with van der Waals surface area (Å²) in [6.07, 6.45) is 4.04. The van der Waals surface area contributed by atoms with Crippen molar-refractivity contribution < 1.29 is 4.92 Å². The zero-order valence-electron chi connectivity index (χ0n) is 6.41. The van der Waals surface area contributed by atoms with E-state index in [0.29, 0.717) is 5.82 Å². The highest BCUT2D eigenvalue weighted by Crippen LogP contribution is 2.10. The van der Waals surface area contributed by atoms with Crippen molar-refractivity contribution >= 4 is 5.69 Å². The maximum absolute atomic E-state index is 10.3. The van der Waals surface area contributed by atoms with Gasteiger partial charge in [-0.15, -0.1) is 0 Å². The average Bonchev–Trinajstić information content (AvgIpc) is 2.75. The minimum atomic E-state index is -0.500. The maximum atomic E-state index is 10.3. The number of H-pyrrole nitrogens is 1. The Hall–Kier alpha value is -2.18. The largest absolute Gasteiger partial charge is 0.307 e. The molecule has 66 valence electrons. The quantitative estimate of drug-likeness (QED) is 0.537. The van der Waals surface area contributed by atoms with Crippen LogP contribution in [0.4, 0.5) is 5.69 Å². The van der Waals surface area contributed by atoms with E-state index < -0.39 is 4.92 Å². The van der Waals surface area contributed by atoms with Crippen molar-refractivity contribution in [2.75, 3.05) is 0 Å². The predicted molar refractivity (Wildman–Crippen MR) is 42.4 cm³/mol. The van der Waals surface area contributed by atoms with Crippen LogP contribution in [-0.4, -0.2) is 24.9 Å². The Morgan fingerprint density at radius 1 is 1.62 bits per heavy atom. The summed E-state index contributed by atoms with van der Waals surface area (Å²) in [7, 11) is 0. The van der Waals surface area contributed by atoms with Crippen molar-refractivity contribution in [1.82, 2.24) is 20.0 Å². The molecule has 0 atom stereocenters. The Labute approximate surface area is 72.1 Å². The molecule has 0 fully saturated rings. The van der Waals surface area contributed by atoms with Crippen LogP contribution in [0.25, 0.3) is 5.82 Å². The van der Waals surface area contributed by atoms with Crippen molar-refractivity contribution in [1.29, 1.82) is 0 Å². The molecule has 0 spiro atoms. The van der Waals surface area contributed by atoms with Gasteiger partial charge in [0.05, 0.1) is 11.1 Å². The monoisotopic (exact) mass is 179 g/mol. The molecule has 1 N–H and O–H groups in total. The molecule has 0 radical (unpaired) electrons. The number of rotatable bonds is 2. The number of hydrogen-bond acceptors (Lipinski definition) is 4. The van der Waals surface area contributed by atoms with Crippen LogP contribution in [0, 0.1) is 10.1 Å². The first-order valence-corrected chi connectivity index (χ1v) is 3.46. The molecule has 0 saturated heterocycles. The van der Waals surface area contributed by atoms with Gasteiger partial charge in [-0.25, -0.2) is 4.68 Å². The molecule has 0 unspecified atom stereocenters. The van der Waals surface area contributed by atoms with E-state index in [9.17, 15) is 10.1 Å². The fraction of sp³-hybridized carbons (Fsp3) is 0. The standard InChI is InChI=1S/C6H5N5O2/c12-11(13)5-3-8-10(4-5)6-1-2-7-9-6/h1-4H,(H,7,9). The highest BCUT2D eigenvalue weighted by molar-refractivity contribution is 5.27. The van der Waals surface area contributed by atoms with E-state index in [1.165, 1.54) is 17.1 Å². The van der Waals surface area contributed by atoms with Crippen molar-refractivity contribution in [3.8, 4) is 5.82 Å². The molecule has 2 aromatic rings. The summed E-state index contributed by atoms with van der Waals surface area (Å²) < 4.78 is 1.35. The van der Waals surface area contributed by atoms with Crippen molar-refractivity contribution in [3.05, 3.63) is 34.8 Å². The van der Waals surface area contributed by atoms with Gasteiger partial charge >= 0.3 is 5.69 Å². The van der Waals surface area contributed by atoms with Crippen LogP contribution in [-0.2, 0) is 0 Å². The van der Waals surface area contributed by atoms with Crippen LogP contribution in [0.15, 0.2) is 24.7 Å². The van der Waals surface area contributed by atoms with E-state index in [-0.39, 0.29) is 5.69 Å². The van der Waals surface area contributed by atoms with E-state index in [4.69, 9.17) is 0 Å². The first-order valence-electron chi connectivity index (χ1n) is 3.46. The minimum Gasteiger partial charge on any atom is -0.261 e. The number of hydrogen-bond donors (Lipinski definition) is 1. The SMILES string of the molecule is O=[N+]([O-])c1cnn(-c2ccn[nH]2)c1. The molecule has 2 rings (SSSR count). The second kappa shape index (κ2) is 2.70. The second-order valence-electron chi connectivity index (χ2n) is 2.34. The smallest absolute Gasteiger partial charge is 0.261 e. The van der Waals surface area contributed by atoms with E-state index in [0.717, 1.165) is 0 Å². The van der Waals surface area contributed by atoms with Crippen LogP contribution in [0.2, 0.25) is 0 Å². The van der Waals surface area contributed by atoms with Crippen LogP contribution >= 0.6 is 0 Å². The molecule has 0 aliphatic heterocycles. The Bertz CT molecular complexity index is 418. The van der Waals surface area contributed by atoms with Gasteiger partial charge in [-0.1, -0.05) is 0 Å². The van der Waals surface area contributed by atoms with Crippen molar-refractivity contribution in [2.24, 2.45) is 0 Å². The van der Waals surface area contributed by atoms with Crippen molar-refractivity contribution in [3.63, 3.8) is 0 Å². The zero-order valence-corrected chi connectivity index (χ0v) is 6.41. The first-order chi connectivity index (χ1) is 6.27. The molecule has 0 bridgehead atoms. The fourth-order valence-corrected chi connectivity index (χ4v) is 0.915. The molecule has 0 aliphatic rings. The first kappa shape index (κ1) is 7.47. The van der Waals surface area contributed by atoms with Gasteiger partial charge < -0.3 is 0 Å². The number of nitro groups is 1. The van der Waals surface area contributed by atoms with E-state index in [2.05, 4.69) is 15.3 Å². The normalized spacial score (nSPS) is 10.2. The molecule has 0 amide bonds. The number of nitrogens with zero attached hydrogens (tertiary/aromatic N) is 4. The molecule has 2 aromatic heterocycles. The summed E-state index contributed by atoms with van der Waals surface area (Å²) in [6.45, 7) is 0. The fourth-order valence-electron chi connectivity index (χ4n) is 0.915. The topological polar surface area (TPSA) is 89.6 Å². The lowest BCUT2D eigenvalue weighted by Crippen LogP contribution is -1.94. The Morgan fingerprint density at radius 3 is 3.00 bits per heavy atom. The van der Waals surface area contributed by atoms with Gasteiger partial charge in [0.1, 0.15) is 18.2 Å². The predicted octanol–water partition coefficient (Wildman–Crippen LogP) is 0.504. The van der Waals surface area contributed by atoms with Gasteiger partial charge in [0.2, 0.25) is 0 Å². The molecule has 0 aliphatic carbocycles. The third-order valence-electron chi connectivity index (χ3n) is 1.51. The molecular formula is C6H5N5O2. The Morgan fingerprint density at radius 2 is 2.46 bits per heavy atom. The summed E-state index contributed by atoms with van der Waals surface area (Å²) in [5, 5.41) is 20.4. The summed E-state index contributed by atoms with van der Waals surface area (Å²) in [5.41, 5.74) is -0.0467. The van der Waals surface area contributed by atoms with Gasteiger partial charge in [-0.2, -0.15) is 10.2 Å². The third kappa shape index (κ3) is 1.26. The summed E-state index contributed by atoms with van der Waals surface area (Å²) >= 11 is 0. The molecule has 0 saturated carbocycles. The lowest BCUT2D eigenvalue weighted by atomic mass is 10.6. The van der Waals surface area contributed by atoms with Crippen LogP contribution in [0.3, 0.4) is 0 Å². The number of aromatic amines is 1. The summed E-state index contributed by atoms with van der Waals surface area (Å²) in [4.78, 5) is 9.81. The van der Waals surface area contributed by atoms with Crippen molar-refractivity contribution in [2.45, 2.75) is 0 Å². The van der Waals surface area contributed by atoms with Gasteiger partial charge in [0, 0.05) is 6.07 Å². The van der Waals surface area contributed by atoms with Crippen LogP contribution in [0.1, 0.15) is 0 Å². The zero-order chi connectivity index (χ0) is 9.26. The van der Waals surface area contributed by atoms with Gasteiger partial charge in [0.25, 0.3) is 0 Å². The second-order valence-corrected chi connectivity index (χ2v) is 2.34. The van der Waals surface area contributed by atoms with Gasteiger partial charge in [-0.05, 0) is 0 Å². The van der Waals surface area contributed by atoms with Crippen LogP contribution in [0.5, 0.6) is 0 Å². The summed E-state index contributed by atoms with van der Waals surface area (Å²) in [5.74, 6) is 0.591. The van der Waals surface area contributed by atoms with Gasteiger partial charge in [0.15, 0.2) is 0 Å². The summed E-state index contributed by atoms with van der Waals surface area (Å²) in [6, 6.07) is 1.66. The number of aromatic nitrogens is 4. The van der Waals surface area contributed by atoms with E-state index in [1.807, 2.05) is 0 Å². The third-order valence-corrected chi connectivity index (χ3v) is 1.51. The maximum Gasteiger partial charge on any atom is 0.307 e. The number of nitrogens with one attached hydrogen (secondary N) is 1. The minimum absolute atomic E-state index is 0.0467. The van der Waals surface area contributed by atoms with E-state index in [1.54, 1.807) is 12.3 Å². The van der Waals surface area contributed by atoms with E-state index >= 15 is 0 Å². The molecule has 7 nitrogen and oxygen atoms in total. The lowest BCUT2D eigenvalue weighted by molar-refractivity contribution is -0.384. The molecule has 0 aromatic carbocycles. The van der Waals surface area contributed by atoms with Crippen LogP contribution < -0.4 is 0 Å². The highest BCUT2D eigenvalue weighted by Gasteiger charge is 2.09. The molecule has 13 heavy (non-hydrogen) atoms. The Kier molecular flexibility index (Phi) is 1.55.